The largest absolute Gasteiger partial charge is 0.390 e. The minimum atomic E-state index is -0.516. The number of aliphatic hydroxyl groups excluding tert-OH is 1. The van der Waals surface area contributed by atoms with Crippen LogP contribution in [0.2, 0.25) is 0 Å². The first-order valence-corrected chi connectivity index (χ1v) is 8.47. The van der Waals surface area contributed by atoms with E-state index in [0.717, 1.165) is 24.2 Å². The summed E-state index contributed by atoms with van der Waals surface area (Å²) in [6.07, 6.45) is 4.98. The van der Waals surface area contributed by atoms with Gasteiger partial charge in [-0.05, 0) is 44.0 Å². The van der Waals surface area contributed by atoms with Crippen molar-refractivity contribution in [1.82, 2.24) is 10.2 Å². The van der Waals surface area contributed by atoms with Crippen LogP contribution in [0, 0.1) is 0 Å². The molecule has 3 rings (SSSR count). The number of rotatable bonds is 3. The highest BCUT2D eigenvalue weighted by Crippen LogP contribution is 2.31. The number of aliphatic hydroxyl groups is 1. The Morgan fingerprint density at radius 3 is 2.64 bits per heavy atom. The monoisotopic (exact) mass is 302 g/mol. The van der Waals surface area contributed by atoms with Crippen molar-refractivity contribution >= 4 is 5.91 Å². The maximum absolute atomic E-state index is 12.6. The Hall–Kier alpha value is -1.39. The molecule has 4 heteroatoms. The Balaban J connectivity index is 1.66. The maximum Gasteiger partial charge on any atom is 0.237 e. The van der Waals surface area contributed by atoms with Crippen molar-refractivity contribution in [2.24, 2.45) is 0 Å². The number of likely N-dealkylation sites (tertiary alicyclic amines) is 1. The fourth-order valence-corrected chi connectivity index (χ4v) is 3.67. The molecule has 2 aliphatic rings. The van der Waals surface area contributed by atoms with Crippen LogP contribution in [0.1, 0.15) is 49.8 Å². The number of hydrogen-bond acceptors (Lipinski definition) is 3. The molecule has 0 aromatic heterocycles. The second-order valence-corrected chi connectivity index (χ2v) is 6.58. The third-order valence-corrected chi connectivity index (χ3v) is 5.07. The van der Waals surface area contributed by atoms with Crippen molar-refractivity contribution in [1.29, 1.82) is 0 Å². The molecule has 0 radical (unpaired) electrons. The van der Waals surface area contributed by atoms with E-state index in [1.807, 2.05) is 31.2 Å². The first-order valence-electron chi connectivity index (χ1n) is 8.47. The lowest BCUT2D eigenvalue weighted by atomic mass is 10.1. The van der Waals surface area contributed by atoms with Gasteiger partial charge in [-0.1, -0.05) is 37.1 Å². The Morgan fingerprint density at radius 1 is 1.23 bits per heavy atom. The summed E-state index contributed by atoms with van der Waals surface area (Å²) in [6, 6.07) is 7.59. The fraction of sp³-hybridized carbons (Fsp3) is 0.611. The highest BCUT2D eigenvalue weighted by Gasteiger charge is 2.33. The van der Waals surface area contributed by atoms with Gasteiger partial charge in [0.1, 0.15) is 0 Å². The first-order chi connectivity index (χ1) is 10.7. The average Bonchev–Trinajstić information content (AvgIpc) is 2.72. The Morgan fingerprint density at radius 2 is 1.91 bits per heavy atom. The number of amides is 1. The minimum absolute atomic E-state index is 0.0302. The molecular weight excluding hydrogens is 276 g/mol. The van der Waals surface area contributed by atoms with Crippen LogP contribution in [-0.2, 0) is 11.2 Å². The highest BCUT2D eigenvalue weighted by molar-refractivity contribution is 5.82. The molecule has 0 bridgehead atoms. The van der Waals surface area contributed by atoms with Crippen molar-refractivity contribution in [3.63, 3.8) is 0 Å². The van der Waals surface area contributed by atoms with E-state index in [4.69, 9.17) is 0 Å². The fourth-order valence-electron chi connectivity index (χ4n) is 3.67. The standard InChI is InChI=1S/C18H26N2O2/c1-13(20-10-6-2-3-7-11-20)18(22)19-17-15-9-5-4-8-14(15)12-16(17)21/h4-5,8-9,13,16-17,21H,2-3,6-7,10-12H2,1H3,(H,19,22). The van der Waals surface area contributed by atoms with Crippen LogP contribution in [-0.4, -0.2) is 41.1 Å². The summed E-state index contributed by atoms with van der Waals surface area (Å²) in [4.78, 5) is 14.9. The summed E-state index contributed by atoms with van der Waals surface area (Å²) in [5.74, 6) is 0.0302. The second kappa shape index (κ2) is 6.80. The smallest absolute Gasteiger partial charge is 0.237 e. The molecule has 1 heterocycles. The van der Waals surface area contributed by atoms with Crippen LogP contribution in [0.15, 0.2) is 24.3 Å². The van der Waals surface area contributed by atoms with Gasteiger partial charge in [0, 0.05) is 6.42 Å². The molecule has 4 nitrogen and oxygen atoms in total. The van der Waals surface area contributed by atoms with Gasteiger partial charge in [0.15, 0.2) is 0 Å². The third kappa shape index (κ3) is 3.18. The molecule has 1 amide bonds. The predicted octanol–water partition coefficient (Wildman–Crippen LogP) is 2.03. The molecule has 0 spiro atoms. The number of hydrogen-bond donors (Lipinski definition) is 2. The predicted molar refractivity (Wildman–Crippen MR) is 86.5 cm³/mol. The quantitative estimate of drug-likeness (QED) is 0.898. The summed E-state index contributed by atoms with van der Waals surface area (Å²) in [7, 11) is 0. The van der Waals surface area contributed by atoms with Crippen molar-refractivity contribution in [2.75, 3.05) is 13.1 Å². The van der Waals surface area contributed by atoms with Crippen molar-refractivity contribution in [3.05, 3.63) is 35.4 Å². The molecule has 1 aliphatic carbocycles. The topological polar surface area (TPSA) is 52.6 Å². The van der Waals surface area contributed by atoms with Gasteiger partial charge < -0.3 is 10.4 Å². The SMILES string of the molecule is CC(C(=O)NC1c2ccccc2CC1O)N1CCCCCC1. The summed E-state index contributed by atoms with van der Waals surface area (Å²) in [6.45, 7) is 3.98. The lowest BCUT2D eigenvalue weighted by Gasteiger charge is -2.28. The van der Waals surface area contributed by atoms with Gasteiger partial charge in [-0.25, -0.2) is 0 Å². The normalized spacial score (nSPS) is 27.0. The third-order valence-electron chi connectivity index (χ3n) is 5.07. The number of carbonyl (C=O) groups is 1. The lowest BCUT2D eigenvalue weighted by molar-refractivity contribution is -0.127. The van der Waals surface area contributed by atoms with Gasteiger partial charge in [0.25, 0.3) is 0 Å². The van der Waals surface area contributed by atoms with E-state index >= 15 is 0 Å². The molecule has 1 aromatic carbocycles. The summed E-state index contributed by atoms with van der Waals surface area (Å²) < 4.78 is 0. The van der Waals surface area contributed by atoms with Gasteiger partial charge in [-0.3, -0.25) is 9.69 Å². The second-order valence-electron chi connectivity index (χ2n) is 6.58. The zero-order chi connectivity index (χ0) is 15.5. The van der Waals surface area contributed by atoms with Crippen molar-refractivity contribution in [3.8, 4) is 0 Å². The lowest BCUT2D eigenvalue weighted by Crippen LogP contribution is -2.47. The zero-order valence-electron chi connectivity index (χ0n) is 13.3. The van der Waals surface area contributed by atoms with E-state index in [0.29, 0.717) is 6.42 Å². The maximum atomic E-state index is 12.6. The van der Waals surface area contributed by atoms with Crippen molar-refractivity contribution < 1.29 is 9.90 Å². The Labute approximate surface area is 132 Å². The molecule has 3 unspecified atom stereocenters. The first kappa shape index (κ1) is 15.5. The summed E-state index contributed by atoms with van der Waals surface area (Å²) in [5, 5.41) is 13.3. The van der Waals surface area contributed by atoms with E-state index in [1.165, 1.54) is 25.7 Å². The number of fused-ring (bicyclic) bond motifs is 1. The number of carbonyl (C=O) groups excluding carboxylic acids is 1. The van der Waals surface area contributed by atoms with Gasteiger partial charge in [0.05, 0.1) is 18.2 Å². The molecule has 0 saturated carbocycles. The van der Waals surface area contributed by atoms with Crippen LogP contribution in [0.5, 0.6) is 0 Å². The summed E-state index contributed by atoms with van der Waals surface area (Å²) in [5.41, 5.74) is 2.20. The molecule has 120 valence electrons. The number of nitrogens with zero attached hydrogens (tertiary/aromatic N) is 1. The highest BCUT2D eigenvalue weighted by atomic mass is 16.3. The Bertz CT molecular complexity index is 524. The van der Waals surface area contributed by atoms with Crippen molar-refractivity contribution in [2.45, 2.75) is 57.2 Å². The van der Waals surface area contributed by atoms with E-state index in [9.17, 15) is 9.90 Å². The van der Waals surface area contributed by atoms with E-state index in [-0.39, 0.29) is 18.0 Å². The zero-order valence-corrected chi connectivity index (χ0v) is 13.3. The van der Waals surface area contributed by atoms with Crippen LogP contribution in [0.4, 0.5) is 0 Å². The van der Waals surface area contributed by atoms with Crippen LogP contribution >= 0.6 is 0 Å². The molecular formula is C18H26N2O2. The molecule has 2 N–H and O–H groups in total. The average molecular weight is 302 g/mol. The van der Waals surface area contributed by atoms with Crippen LogP contribution in [0.3, 0.4) is 0 Å². The minimum Gasteiger partial charge on any atom is -0.390 e. The van der Waals surface area contributed by atoms with Gasteiger partial charge >= 0.3 is 0 Å². The summed E-state index contributed by atoms with van der Waals surface area (Å²) >= 11 is 0. The van der Waals surface area contributed by atoms with E-state index < -0.39 is 6.10 Å². The number of benzene rings is 1. The van der Waals surface area contributed by atoms with Gasteiger partial charge in [0.2, 0.25) is 5.91 Å². The Kier molecular flexibility index (Phi) is 4.79. The number of nitrogens with one attached hydrogen (secondary N) is 1. The van der Waals surface area contributed by atoms with Crippen LogP contribution in [0.25, 0.3) is 0 Å². The van der Waals surface area contributed by atoms with Crippen LogP contribution < -0.4 is 5.32 Å². The van der Waals surface area contributed by atoms with E-state index in [2.05, 4.69) is 10.2 Å². The molecule has 3 atom stereocenters. The van der Waals surface area contributed by atoms with Gasteiger partial charge in [-0.2, -0.15) is 0 Å². The molecule has 1 aliphatic heterocycles. The van der Waals surface area contributed by atoms with Gasteiger partial charge in [-0.15, -0.1) is 0 Å². The molecule has 1 fully saturated rings. The molecule has 22 heavy (non-hydrogen) atoms. The molecule has 1 aromatic rings. The molecule has 1 saturated heterocycles. The van der Waals surface area contributed by atoms with E-state index in [1.54, 1.807) is 0 Å².